The van der Waals surface area contributed by atoms with Crippen LogP contribution in [0, 0.1) is 0 Å². The van der Waals surface area contributed by atoms with Crippen molar-refractivity contribution >= 4 is 16.7 Å². The lowest BCUT2D eigenvalue weighted by atomic mass is 9.99. The molecule has 7 heteroatoms. The van der Waals surface area contributed by atoms with Gasteiger partial charge in [-0.25, -0.2) is 0 Å². The van der Waals surface area contributed by atoms with Gasteiger partial charge in [0.25, 0.3) is 0 Å². The van der Waals surface area contributed by atoms with Gasteiger partial charge in [-0.15, -0.1) is 0 Å². The van der Waals surface area contributed by atoms with Crippen molar-refractivity contribution < 1.29 is 19.7 Å². The van der Waals surface area contributed by atoms with E-state index in [1.807, 2.05) is 41.3 Å². The first kappa shape index (κ1) is 21.1. The fraction of sp³-hybridized carbons (Fsp3) is 0.333. The molecule has 0 saturated carbocycles. The molecule has 1 saturated heterocycles. The number of carbonyl (C=O) groups is 1. The Kier molecular flexibility index (Phi) is 6.34. The Balaban J connectivity index is 1.43. The van der Waals surface area contributed by atoms with Gasteiger partial charge in [-0.2, -0.15) is 0 Å². The molecule has 4 rings (SSSR count). The minimum atomic E-state index is -0.627. The zero-order valence-corrected chi connectivity index (χ0v) is 17.6. The van der Waals surface area contributed by atoms with Gasteiger partial charge in [0.15, 0.2) is 0 Å². The number of hydrogen-bond acceptors (Lipinski definition) is 6. The molecule has 3 aromatic rings. The van der Waals surface area contributed by atoms with Crippen molar-refractivity contribution in [2.24, 2.45) is 0 Å². The highest BCUT2D eigenvalue weighted by atomic mass is 16.5. The number of piperazine rings is 1. The number of fused-ring (bicyclic) bond motifs is 1. The van der Waals surface area contributed by atoms with E-state index in [2.05, 4.69) is 9.88 Å². The van der Waals surface area contributed by atoms with Gasteiger partial charge in [0.1, 0.15) is 24.2 Å². The maximum Gasteiger partial charge on any atom is 0.219 e. The number of carbonyl (C=O) groups excluding carboxylic acids is 1. The van der Waals surface area contributed by atoms with Gasteiger partial charge < -0.3 is 19.8 Å². The molecule has 162 valence electrons. The molecule has 0 aliphatic carbocycles. The van der Waals surface area contributed by atoms with Crippen molar-refractivity contribution in [1.29, 1.82) is 0 Å². The number of β-amino-alcohol motifs (C(OH)–C–C–N with tert-alkyl or cyclic N) is 1. The number of ether oxygens (including phenoxy) is 1. The Bertz CT molecular complexity index is 1060. The van der Waals surface area contributed by atoms with Crippen LogP contribution in [0.2, 0.25) is 0 Å². The summed E-state index contributed by atoms with van der Waals surface area (Å²) >= 11 is 0. The molecule has 0 spiro atoms. The number of aromatic hydroxyl groups is 1. The summed E-state index contributed by atoms with van der Waals surface area (Å²) in [7, 11) is 0. The van der Waals surface area contributed by atoms with Crippen LogP contribution in [0.25, 0.3) is 21.9 Å². The third-order valence-electron chi connectivity index (χ3n) is 5.64. The zero-order valence-electron chi connectivity index (χ0n) is 17.6. The summed E-state index contributed by atoms with van der Waals surface area (Å²) in [5, 5.41) is 22.2. The molecule has 1 amide bonds. The number of aliphatic hydroxyl groups excluding tert-OH is 1. The van der Waals surface area contributed by atoms with Crippen LogP contribution in [0.5, 0.6) is 11.5 Å². The number of hydrogen-bond donors (Lipinski definition) is 2. The number of pyridine rings is 1. The third-order valence-corrected chi connectivity index (χ3v) is 5.64. The van der Waals surface area contributed by atoms with E-state index in [1.165, 1.54) is 6.20 Å². The lowest BCUT2D eigenvalue weighted by Gasteiger charge is -2.35. The topological polar surface area (TPSA) is 86.1 Å². The molecule has 0 radical (unpaired) electrons. The van der Waals surface area contributed by atoms with Crippen LogP contribution in [0.15, 0.2) is 54.9 Å². The summed E-state index contributed by atoms with van der Waals surface area (Å²) in [6, 6.07) is 13.4. The Labute approximate surface area is 181 Å². The molecular formula is C24H27N3O4. The summed E-state index contributed by atoms with van der Waals surface area (Å²) in [6.07, 6.45) is 2.50. The van der Waals surface area contributed by atoms with Crippen molar-refractivity contribution in [2.45, 2.75) is 13.0 Å². The highest BCUT2D eigenvalue weighted by molar-refractivity contribution is 6.00. The van der Waals surface area contributed by atoms with Crippen LogP contribution in [0.4, 0.5) is 0 Å². The molecule has 31 heavy (non-hydrogen) atoms. The second kappa shape index (κ2) is 9.32. The Morgan fingerprint density at radius 2 is 1.84 bits per heavy atom. The molecule has 1 aliphatic heterocycles. The predicted molar refractivity (Wildman–Crippen MR) is 119 cm³/mol. The van der Waals surface area contributed by atoms with Gasteiger partial charge in [-0.1, -0.05) is 24.3 Å². The number of aromatic nitrogens is 1. The molecule has 7 nitrogen and oxygen atoms in total. The van der Waals surface area contributed by atoms with Gasteiger partial charge in [0, 0.05) is 56.8 Å². The van der Waals surface area contributed by atoms with Gasteiger partial charge in [0.05, 0.1) is 6.20 Å². The quantitative estimate of drug-likeness (QED) is 0.636. The van der Waals surface area contributed by atoms with Crippen LogP contribution >= 0.6 is 0 Å². The highest BCUT2D eigenvalue weighted by Crippen LogP contribution is 2.35. The summed E-state index contributed by atoms with van der Waals surface area (Å²) < 4.78 is 5.99. The molecule has 0 bridgehead atoms. The molecule has 2 aromatic carbocycles. The number of aliphatic hydroxyl groups is 1. The molecule has 2 heterocycles. The summed E-state index contributed by atoms with van der Waals surface area (Å²) in [5.41, 5.74) is 1.78. The van der Waals surface area contributed by atoms with Crippen LogP contribution in [0.3, 0.4) is 0 Å². The second-order valence-corrected chi connectivity index (χ2v) is 7.86. The Morgan fingerprint density at radius 1 is 1.10 bits per heavy atom. The van der Waals surface area contributed by atoms with E-state index in [4.69, 9.17) is 4.74 Å². The van der Waals surface area contributed by atoms with Crippen LogP contribution in [-0.2, 0) is 4.79 Å². The molecule has 2 N–H and O–H groups in total. The van der Waals surface area contributed by atoms with E-state index in [9.17, 15) is 15.0 Å². The van der Waals surface area contributed by atoms with Gasteiger partial charge >= 0.3 is 0 Å². The number of rotatable bonds is 6. The number of nitrogens with zero attached hydrogens (tertiary/aromatic N) is 3. The van der Waals surface area contributed by atoms with Crippen molar-refractivity contribution in [3.05, 3.63) is 54.9 Å². The maximum absolute atomic E-state index is 11.4. The largest absolute Gasteiger partial charge is 0.506 e. The second-order valence-electron chi connectivity index (χ2n) is 7.86. The lowest BCUT2D eigenvalue weighted by Crippen LogP contribution is -2.50. The average Bonchev–Trinajstić information content (AvgIpc) is 2.78. The van der Waals surface area contributed by atoms with E-state index >= 15 is 0 Å². The first-order chi connectivity index (χ1) is 15.0. The molecular weight excluding hydrogens is 394 g/mol. The third kappa shape index (κ3) is 4.95. The fourth-order valence-corrected chi connectivity index (χ4v) is 4.01. The van der Waals surface area contributed by atoms with Crippen molar-refractivity contribution in [3.8, 4) is 22.6 Å². The van der Waals surface area contributed by atoms with Crippen molar-refractivity contribution in [3.63, 3.8) is 0 Å². The first-order valence-corrected chi connectivity index (χ1v) is 10.5. The number of benzene rings is 2. The SMILES string of the molecule is CC(=O)N1CCN(CC(O)COc2ccc(-c3cncc(O)c3)c3ccccc23)CC1. The molecule has 1 aliphatic rings. The average molecular weight is 421 g/mol. The monoisotopic (exact) mass is 421 g/mol. The Hall–Kier alpha value is -3.16. The summed E-state index contributed by atoms with van der Waals surface area (Å²) in [6.45, 7) is 5.18. The van der Waals surface area contributed by atoms with E-state index < -0.39 is 6.10 Å². The maximum atomic E-state index is 11.4. The fourth-order valence-electron chi connectivity index (χ4n) is 4.01. The lowest BCUT2D eigenvalue weighted by molar-refractivity contribution is -0.130. The van der Waals surface area contributed by atoms with Crippen LogP contribution in [-0.4, -0.2) is 76.3 Å². The molecule has 1 atom stereocenters. The summed E-state index contributed by atoms with van der Waals surface area (Å²) in [4.78, 5) is 19.5. The predicted octanol–water partition coefficient (Wildman–Crippen LogP) is 2.51. The Morgan fingerprint density at radius 3 is 2.55 bits per heavy atom. The van der Waals surface area contributed by atoms with E-state index in [0.717, 1.165) is 35.0 Å². The van der Waals surface area contributed by atoms with E-state index in [-0.39, 0.29) is 18.3 Å². The molecule has 1 fully saturated rings. The molecule has 1 aromatic heterocycles. The van der Waals surface area contributed by atoms with Gasteiger partial charge in [-0.05, 0) is 29.1 Å². The zero-order chi connectivity index (χ0) is 21.8. The van der Waals surface area contributed by atoms with Crippen LogP contribution < -0.4 is 4.74 Å². The van der Waals surface area contributed by atoms with E-state index in [0.29, 0.717) is 25.4 Å². The molecule has 1 unspecified atom stereocenters. The standard InChI is InChI=1S/C24H27N3O4/c1-17(28)27-10-8-26(9-11-27)15-20(30)16-31-24-7-6-21(18-12-19(29)14-25-13-18)22-4-2-3-5-23(22)24/h2-7,12-14,20,29-30H,8-11,15-16H2,1H3. The van der Waals surface area contributed by atoms with Crippen molar-refractivity contribution in [2.75, 3.05) is 39.3 Å². The van der Waals surface area contributed by atoms with Crippen LogP contribution in [0.1, 0.15) is 6.92 Å². The van der Waals surface area contributed by atoms with Gasteiger partial charge in [-0.3, -0.25) is 14.7 Å². The minimum Gasteiger partial charge on any atom is -0.506 e. The van der Waals surface area contributed by atoms with Crippen molar-refractivity contribution in [1.82, 2.24) is 14.8 Å². The summed E-state index contributed by atoms with van der Waals surface area (Å²) in [5.74, 6) is 0.919. The van der Waals surface area contributed by atoms with Gasteiger partial charge in [0.2, 0.25) is 5.91 Å². The smallest absolute Gasteiger partial charge is 0.219 e. The van der Waals surface area contributed by atoms with E-state index in [1.54, 1.807) is 19.2 Å². The first-order valence-electron chi connectivity index (χ1n) is 10.5. The minimum absolute atomic E-state index is 0.0975. The highest BCUT2D eigenvalue weighted by Gasteiger charge is 2.21. The normalized spacial score (nSPS) is 15.7. The number of amides is 1.